The van der Waals surface area contributed by atoms with Gasteiger partial charge in [-0.1, -0.05) is 48.0 Å². The van der Waals surface area contributed by atoms with Crippen LogP contribution in [-0.4, -0.2) is 13.0 Å². The summed E-state index contributed by atoms with van der Waals surface area (Å²) in [5.41, 5.74) is 4.15. The Bertz CT molecular complexity index is 670. The largest absolute Gasteiger partial charge is 0.325 e. The van der Waals surface area contributed by atoms with Crippen LogP contribution in [0.2, 0.25) is 5.02 Å². The summed E-state index contributed by atoms with van der Waals surface area (Å²) in [6, 6.07) is 14.3. The molecular formula is C17H17ClN2O. The first kappa shape index (κ1) is 14.1. The van der Waals surface area contributed by atoms with Crippen molar-refractivity contribution < 1.29 is 4.79 Å². The number of carbonyl (C=O) groups excluding carboxylic acids is 1. The Morgan fingerprint density at radius 1 is 1.29 bits per heavy atom. The van der Waals surface area contributed by atoms with Crippen LogP contribution in [0.25, 0.3) is 0 Å². The monoisotopic (exact) mass is 300 g/mol. The summed E-state index contributed by atoms with van der Waals surface area (Å²) in [5.74, 6) is 0.0299. The third kappa shape index (κ3) is 2.94. The maximum Gasteiger partial charge on any atom is 0.228 e. The standard InChI is InChI=1S/C17H17ClN2O/c1-19-16(7-11-5-3-2-4-6-11)13-8-12-9-17(21)20-15(12)10-14(13)18/h2-6,8,10,16,19H,7,9H2,1H3,(H,20,21). The molecule has 0 saturated carbocycles. The number of fused-ring (bicyclic) bond motifs is 1. The van der Waals surface area contributed by atoms with E-state index in [0.29, 0.717) is 11.4 Å². The Labute approximate surface area is 129 Å². The Morgan fingerprint density at radius 2 is 2.05 bits per heavy atom. The predicted molar refractivity (Wildman–Crippen MR) is 85.7 cm³/mol. The first-order chi connectivity index (χ1) is 10.2. The van der Waals surface area contributed by atoms with Gasteiger partial charge < -0.3 is 10.6 Å². The summed E-state index contributed by atoms with van der Waals surface area (Å²) < 4.78 is 0. The van der Waals surface area contributed by atoms with Crippen LogP contribution in [0.15, 0.2) is 42.5 Å². The molecule has 0 aromatic heterocycles. The number of hydrogen-bond donors (Lipinski definition) is 2. The van der Waals surface area contributed by atoms with Gasteiger partial charge in [-0.25, -0.2) is 0 Å². The average Bonchev–Trinajstić information content (AvgIpc) is 2.84. The molecule has 1 amide bonds. The first-order valence-corrected chi connectivity index (χ1v) is 7.38. The van der Waals surface area contributed by atoms with Gasteiger partial charge in [0.2, 0.25) is 5.91 Å². The molecule has 4 heteroatoms. The maximum atomic E-state index is 11.5. The summed E-state index contributed by atoms with van der Waals surface area (Å²) in [6.45, 7) is 0. The van der Waals surface area contributed by atoms with Crippen LogP contribution in [0.4, 0.5) is 5.69 Å². The summed E-state index contributed by atoms with van der Waals surface area (Å²) in [4.78, 5) is 11.5. The molecule has 2 aromatic carbocycles. The van der Waals surface area contributed by atoms with Gasteiger partial charge in [0.1, 0.15) is 0 Å². The average molecular weight is 301 g/mol. The van der Waals surface area contributed by atoms with Gasteiger partial charge in [-0.05, 0) is 36.2 Å². The fourth-order valence-corrected chi connectivity index (χ4v) is 3.05. The number of amides is 1. The number of likely N-dealkylation sites (N-methyl/N-ethyl adjacent to an activating group) is 1. The summed E-state index contributed by atoms with van der Waals surface area (Å²) in [6.07, 6.45) is 1.29. The molecule has 0 fully saturated rings. The van der Waals surface area contributed by atoms with Crippen LogP contribution < -0.4 is 10.6 Å². The molecule has 0 radical (unpaired) electrons. The highest BCUT2D eigenvalue weighted by Gasteiger charge is 2.22. The van der Waals surface area contributed by atoms with Crippen molar-refractivity contribution >= 4 is 23.2 Å². The number of benzene rings is 2. The van der Waals surface area contributed by atoms with Gasteiger partial charge in [-0.15, -0.1) is 0 Å². The molecule has 0 saturated heterocycles. The molecule has 1 aliphatic rings. The normalized spacial score (nSPS) is 14.7. The lowest BCUT2D eigenvalue weighted by atomic mass is 9.96. The van der Waals surface area contributed by atoms with Gasteiger partial charge in [-0.3, -0.25) is 4.79 Å². The minimum absolute atomic E-state index is 0.0299. The number of carbonyl (C=O) groups is 1. The predicted octanol–water partition coefficient (Wildman–Crippen LogP) is 3.34. The van der Waals surface area contributed by atoms with E-state index in [4.69, 9.17) is 11.6 Å². The molecule has 0 bridgehead atoms. The smallest absolute Gasteiger partial charge is 0.228 e. The number of rotatable bonds is 4. The van der Waals surface area contributed by atoms with Crippen LogP contribution in [0.1, 0.15) is 22.7 Å². The minimum atomic E-state index is 0.0299. The minimum Gasteiger partial charge on any atom is -0.325 e. The van der Waals surface area contributed by atoms with Gasteiger partial charge in [-0.2, -0.15) is 0 Å². The zero-order valence-electron chi connectivity index (χ0n) is 11.8. The fourth-order valence-electron chi connectivity index (χ4n) is 2.75. The van der Waals surface area contributed by atoms with Crippen molar-refractivity contribution in [1.82, 2.24) is 5.32 Å². The van der Waals surface area contributed by atoms with Gasteiger partial charge in [0.05, 0.1) is 6.42 Å². The van der Waals surface area contributed by atoms with Gasteiger partial charge in [0.25, 0.3) is 0 Å². The van der Waals surface area contributed by atoms with Gasteiger partial charge >= 0.3 is 0 Å². The number of nitrogens with one attached hydrogen (secondary N) is 2. The van der Waals surface area contributed by atoms with E-state index in [9.17, 15) is 4.79 Å². The van der Waals surface area contributed by atoms with Crippen LogP contribution >= 0.6 is 11.6 Å². The molecule has 108 valence electrons. The fraction of sp³-hybridized carbons (Fsp3) is 0.235. The second kappa shape index (κ2) is 5.88. The summed E-state index contributed by atoms with van der Waals surface area (Å²) in [7, 11) is 1.93. The van der Waals surface area contributed by atoms with Crippen molar-refractivity contribution in [1.29, 1.82) is 0 Å². The lowest BCUT2D eigenvalue weighted by Gasteiger charge is -2.19. The SMILES string of the molecule is CNC(Cc1ccccc1)c1cc2c(cc1Cl)NC(=O)C2. The molecule has 3 nitrogen and oxygen atoms in total. The highest BCUT2D eigenvalue weighted by Crippen LogP contribution is 2.33. The molecule has 0 spiro atoms. The Kier molecular flexibility index (Phi) is 3.95. The van der Waals surface area contributed by atoms with E-state index < -0.39 is 0 Å². The van der Waals surface area contributed by atoms with Gasteiger partial charge in [0.15, 0.2) is 0 Å². The molecule has 2 N–H and O–H groups in total. The van der Waals surface area contributed by atoms with Crippen molar-refractivity contribution in [2.45, 2.75) is 18.9 Å². The van der Waals surface area contributed by atoms with E-state index in [1.54, 1.807) is 0 Å². The highest BCUT2D eigenvalue weighted by molar-refractivity contribution is 6.32. The molecule has 1 aliphatic heterocycles. The first-order valence-electron chi connectivity index (χ1n) is 7.00. The Morgan fingerprint density at radius 3 is 2.76 bits per heavy atom. The Balaban J connectivity index is 1.91. The topological polar surface area (TPSA) is 41.1 Å². The van der Waals surface area contributed by atoms with Crippen LogP contribution in [-0.2, 0) is 17.6 Å². The zero-order chi connectivity index (χ0) is 14.8. The molecular weight excluding hydrogens is 284 g/mol. The summed E-state index contributed by atoms with van der Waals surface area (Å²) >= 11 is 6.40. The quantitative estimate of drug-likeness (QED) is 0.909. The van der Waals surface area contributed by atoms with Crippen LogP contribution in [0, 0.1) is 0 Å². The van der Waals surface area contributed by atoms with Gasteiger partial charge in [0, 0.05) is 16.8 Å². The molecule has 1 unspecified atom stereocenters. The maximum absolute atomic E-state index is 11.5. The van der Waals surface area contributed by atoms with Crippen molar-refractivity contribution in [2.75, 3.05) is 12.4 Å². The van der Waals surface area contributed by atoms with Crippen LogP contribution in [0.5, 0.6) is 0 Å². The summed E-state index contributed by atoms with van der Waals surface area (Å²) in [5, 5.41) is 6.83. The van der Waals surface area contributed by atoms with E-state index in [2.05, 4.69) is 22.8 Å². The third-order valence-electron chi connectivity index (χ3n) is 3.85. The van der Waals surface area contributed by atoms with Crippen molar-refractivity contribution in [3.63, 3.8) is 0 Å². The number of hydrogen-bond acceptors (Lipinski definition) is 2. The van der Waals surface area contributed by atoms with E-state index >= 15 is 0 Å². The second-order valence-electron chi connectivity index (χ2n) is 5.29. The molecule has 3 rings (SSSR count). The Hall–Kier alpha value is -1.84. The zero-order valence-corrected chi connectivity index (χ0v) is 12.6. The molecule has 2 aromatic rings. The lowest BCUT2D eigenvalue weighted by Crippen LogP contribution is -2.19. The van der Waals surface area contributed by atoms with Crippen molar-refractivity contribution in [3.05, 3.63) is 64.2 Å². The lowest BCUT2D eigenvalue weighted by molar-refractivity contribution is -0.115. The van der Waals surface area contributed by atoms with Crippen molar-refractivity contribution in [2.24, 2.45) is 0 Å². The van der Waals surface area contributed by atoms with E-state index in [0.717, 1.165) is 23.2 Å². The highest BCUT2D eigenvalue weighted by atomic mass is 35.5. The molecule has 1 heterocycles. The van der Waals surface area contributed by atoms with E-state index in [1.807, 2.05) is 37.4 Å². The van der Waals surface area contributed by atoms with Crippen molar-refractivity contribution in [3.8, 4) is 0 Å². The second-order valence-corrected chi connectivity index (χ2v) is 5.69. The molecule has 21 heavy (non-hydrogen) atoms. The molecule has 1 atom stereocenters. The number of halogens is 1. The van der Waals surface area contributed by atoms with E-state index in [1.165, 1.54) is 5.56 Å². The molecule has 0 aliphatic carbocycles. The van der Waals surface area contributed by atoms with E-state index in [-0.39, 0.29) is 11.9 Å². The van der Waals surface area contributed by atoms with Crippen LogP contribution in [0.3, 0.4) is 0 Å². The third-order valence-corrected chi connectivity index (χ3v) is 4.18. The number of anilines is 1.